The number of halogens is 6. The maximum absolute atomic E-state index is 13.7. The highest BCUT2D eigenvalue weighted by Gasteiger charge is 2.46. The molecule has 0 saturated carbocycles. The second-order valence-corrected chi connectivity index (χ2v) is 4.30. The molecule has 0 aliphatic carbocycles. The maximum atomic E-state index is 13.7. The summed E-state index contributed by atoms with van der Waals surface area (Å²) in [5.41, 5.74) is -0.746. The van der Waals surface area contributed by atoms with Gasteiger partial charge in [-0.1, -0.05) is 17.7 Å². The fourth-order valence-electron chi connectivity index (χ4n) is 1.61. The highest BCUT2D eigenvalue weighted by atomic mass is 35.5. The van der Waals surface area contributed by atoms with Crippen LogP contribution in [0.1, 0.15) is 11.6 Å². The van der Waals surface area contributed by atoms with E-state index in [9.17, 15) is 17.6 Å². The van der Waals surface area contributed by atoms with Crippen LogP contribution in [0.25, 0.3) is 0 Å². The van der Waals surface area contributed by atoms with Crippen molar-refractivity contribution in [3.05, 3.63) is 46.2 Å². The van der Waals surface area contributed by atoms with E-state index in [1.165, 1.54) is 6.07 Å². The van der Waals surface area contributed by atoms with Crippen molar-refractivity contribution in [2.45, 2.75) is 12.2 Å². The summed E-state index contributed by atoms with van der Waals surface area (Å²) in [4.78, 5) is 3.39. The normalized spacial score (nSPS) is 13.6. The fourth-order valence-corrected chi connectivity index (χ4v) is 2.06. The molecule has 1 aromatic carbocycles. The summed E-state index contributed by atoms with van der Waals surface area (Å²) in [5.74, 6) is -1.10. The summed E-state index contributed by atoms with van der Waals surface area (Å²) in [6.07, 6.45) is -3.99. The molecule has 1 atom stereocenters. The van der Waals surface area contributed by atoms with Gasteiger partial charge >= 0.3 is 6.18 Å². The molecule has 9 heteroatoms. The third-order valence-corrected chi connectivity index (χ3v) is 2.96. The molecule has 1 aromatic heterocycles. The van der Waals surface area contributed by atoms with Crippen LogP contribution in [-0.4, -0.2) is 20.9 Å². The molecule has 0 fully saturated rings. The first-order valence-electron chi connectivity index (χ1n) is 4.88. The van der Waals surface area contributed by atoms with E-state index in [0.717, 1.165) is 18.5 Å². The zero-order valence-corrected chi connectivity index (χ0v) is 10.5. The van der Waals surface area contributed by atoms with Crippen LogP contribution in [0.5, 0.6) is 0 Å². The molecule has 0 amide bonds. The molecule has 0 spiro atoms. The van der Waals surface area contributed by atoms with Gasteiger partial charge < -0.3 is 0 Å². The molecule has 0 aliphatic heterocycles. The van der Waals surface area contributed by atoms with Gasteiger partial charge in [-0.05, 0) is 23.7 Å². The number of hydrogen-bond donors (Lipinski definition) is 0. The standard InChI is InChI=1S/C10H5Cl2F4N3/c11-5-2-1-3-6(13)7(5)8(10(14,15)16)19-9(12)17-4-18-19/h1-4,8H. The Labute approximate surface area is 114 Å². The number of nitrogens with zero attached hydrogens (tertiary/aromatic N) is 3. The predicted octanol–water partition coefficient (Wildman–Crippen LogP) is 3.88. The lowest BCUT2D eigenvalue weighted by molar-refractivity contribution is -0.159. The highest BCUT2D eigenvalue weighted by Crippen LogP contribution is 2.40. The molecule has 3 nitrogen and oxygen atoms in total. The summed E-state index contributed by atoms with van der Waals surface area (Å²) < 4.78 is 53.4. The van der Waals surface area contributed by atoms with Gasteiger partial charge in [0.05, 0.1) is 0 Å². The highest BCUT2D eigenvalue weighted by molar-refractivity contribution is 6.31. The first-order valence-corrected chi connectivity index (χ1v) is 5.63. The van der Waals surface area contributed by atoms with Crippen LogP contribution in [0, 0.1) is 5.82 Å². The monoisotopic (exact) mass is 313 g/mol. The molecular formula is C10H5Cl2F4N3. The molecule has 102 valence electrons. The summed E-state index contributed by atoms with van der Waals surface area (Å²) in [7, 11) is 0. The largest absolute Gasteiger partial charge is 0.415 e. The van der Waals surface area contributed by atoms with Gasteiger partial charge in [-0.15, -0.1) is 0 Å². The van der Waals surface area contributed by atoms with Crippen LogP contribution in [0.4, 0.5) is 17.6 Å². The molecule has 0 N–H and O–H groups in total. The Hall–Kier alpha value is -1.34. The lowest BCUT2D eigenvalue weighted by atomic mass is 10.1. The summed E-state index contributed by atoms with van der Waals surface area (Å²) in [6.45, 7) is 0. The quantitative estimate of drug-likeness (QED) is 0.788. The van der Waals surface area contributed by atoms with Gasteiger partial charge in [-0.25, -0.2) is 14.1 Å². The first-order chi connectivity index (χ1) is 8.82. The van der Waals surface area contributed by atoms with Crippen molar-refractivity contribution in [3.8, 4) is 0 Å². The van der Waals surface area contributed by atoms with Crippen molar-refractivity contribution in [1.82, 2.24) is 14.8 Å². The Kier molecular flexibility index (Phi) is 3.69. The van der Waals surface area contributed by atoms with E-state index < -0.39 is 28.9 Å². The Morgan fingerprint density at radius 2 is 1.89 bits per heavy atom. The zero-order chi connectivity index (χ0) is 14.2. The van der Waals surface area contributed by atoms with Crippen LogP contribution in [-0.2, 0) is 0 Å². The molecule has 0 radical (unpaired) electrons. The third kappa shape index (κ3) is 2.66. The molecule has 0 saturated heterocycles. The van der Waals surface area contributed by atoms with Gasteiger partial charge in [0.25, 0.3) is 0 Å². The Morgan fingerprint density at radius 3 is 2.37 bits per heavy atom. The second-order valence-electron chi connectivity index (χ2n) is 3.55. The maximum Gasteiger partial charge on any atom is 0.415 e. The van der Waals surface area contributed by atoms with E-state index in [1.54, 1.807) is 0 Å². The molecule has 0 bridgehead atoms. The summed E-state index contributed by atoms with van der Waals surface area (Å²) in [6, 6.07) is 0.808. The summed E-state index contributed by atoms with van der Waals surface area (Å²) >= 11 is 11.2. The molecule has 1 heterocycles. The molecule has 2 aromatic rings. The molecular weight excluding hydrogens is 309 g/mol. The fraction of sp³-hybridized carbons (Fsp3) is 0.200. The van der Waals surface area contributed by atoms with Crippen molar-refractivity contribution < 1.29 is 17.6 Å². The molecule has 2 rings (SSSR count). The van der Waals surface area contributed by atoms with Crippen LogP contribution in [0.15, 0.2) is 24.5 Å². The summed E-state index contributed by atoms with van der Waals surface area (Å²) in [5, 5.41) is 2.49. The van der Waals surface area contributed by atoms with Gasteiger partial charge in [0.2, 0.25) is 5.28 Å². The van der Waals surface area contributed by atoms with E-state index in [2.05, 4.69) is 10.1 Å². The average molecular weight is 314 g/mol. The minimum absolute atomic E-state index is 0.367. The van der Waals surface area contributed by atoms with Crippen molar-refractivity contribution in [2.75, 3.05) is 0 Å². The van der Waals surface area contributed by atoms with Crippen molar-refractivity contribution >= 4 is 23.2 Å². The molecule has 19 heavy (non-hydrogen) atoms. The van der Waals surface area contributed by atoms with Crippen LogP contribution in [0.2, 0.25) is 10.3 Å². The third-order valence-electron chi connectivity index (χ3n) is 2.36. The second kappa shape index (κ2) is 4.97. The number of alkyl halides is 3. The molecule has 1 unspecified atom stereocenters. The van der Waals surface area contributed by atoms with Gasteiger partial charge in [0.15, 0.2) is 6.04 Å². The van der Waals surface area contributed by atoms with Crippen molar-refractivity contribution in [1.29, 1.82) is 0 Å². The van der Waals surface area contributed by atoms with E-state index in [4.69, 9.17) is 23.2 Å². The Morgan fingerprint density at radius 1 is 1.21 bits per heavy atom. The average Bonchev–Trinajstić information content (AvgIpc) is 2.68. The van der Waals surface area contributed by atoms with E-state index in [-0.39, 0.29) is 5.02 Å². The van der Waals surface area contributed by atoms with Crippen LogP contribution >= 0.6 is 23.2 Å². The van der Waals surface area contributed by atoms with Crippen molar-refractivity contribution in [3.63, 3.8) is 0 Å². The van der Waals surface area contributed by atoms with E-state index in [1.807, 2.05) is 0 Å². The Bertz CT molecular complexity index is 576. The van der Waals surface area contributed by atoms with Gasteiger partial charge in [-0.2, -0.15) is 18.3 Å². The van der Waals surface area contributed by atoms with Crippen LogP contribution in [0.3, 0.4) is 0 Å². The number of benzene rings is 1. The smallest absolute Gasteiger partial charge is 0.219 e. The lowest BCUT2D eigenvalue weighted by Gasteiger charge is -2.22. The van der Waals surface area contributed by atoms with Gasteiger partial charge in [0, 0.05) is 10.6 Å². The van der Waals surface area contributed by atoms with Gasteiger partial charge in [0.1, 0.15) is 12.1 Å². The van der Waals surface area contributed by atoms with E-state index in [0.29, 0.717) is 4.68 Å². The van der Waals surface area contributed by atoms with Gasteiger partial charge in [-0.3, -0.25) is 0 Å². The van der Waals surface area contributed by atoms with Crippen LogP contribution < -0.4 is 0 Å². The lowest BCUT2D eigenvalue weighted by Crippen LogP contribution is -2.29. The number of rotatable bonds is 2. The predicted molar refractivity (Wildman–Crippen MR) is 60.6 cm³/mol. The number of aromatic nitrogens is 3. The first kappa shape index (κ1) is 14.1. The minimum Gasteiger partial charge on any atom is -0.219 e. The number of hydrogen-bond acceptors (Lipinski definition) is 2. The minimum atomic E-state index is -4.83. The SMILES string of the molecule is Fc1cccc(Cl)c1C(n1ncnc1Cl)C(F)(F)F. The van der Waals surface area contributed by atoms with E-state index >= 15 is 0 Å². The Balaban J connectivity index is 2.67. The molecule has 0 aliphatic rings. The zero-order valence-electron chi connectivity index (χ0n) is 9.00. The van der Waals surface area contributed by atoms with Crippen molar-refractivity contribution in [2.24, 2.45) is 0 Å². The topological polar surface area (TPSA) is 30.7 Å².